The standard InChI is InChI=1S/C23H25Cl2N5O3/c1-13-10-21(28-33-13)26-23(32)16-6-8-29(9-7-16)22(31)12-18-14(2)27-30(15(18)3)20-5-4-17(24)11-19(20)25/h4-5,10-11,16H,6-9,12H2,1-3H3,(H,26,28,32). The van der Waals surface area contributed by atoms with Crippen molar-refractivity contribution in [3.8, 4) is 5.69 Å². The molecule has 1 N–H and O–H groups in total. The van der Waals surface area contributed by atoms with E-state index in [1.165, 1.54) is 0 Å². The third kappa shape index (κ3) is 5.07. The molecule has 2 amide bonds. The number of amides is 2. The lowest BCUT2D eigenvalue weighted by molar-refractivity contribution is -0.133. The van der Waals surface area contributed by atoms with Crippen LogP contribution < -0.4 is 5.32 Å². The van der Waals surface area contributed by atoms with Crippen LogP contribution in [0.1, 0.15) is 35.6 Å². The Morgan fingerprint density at radius 2 is 1.88 bits per heavy atom. The number of carbonyl (C=O) groups is 2. The number of benzene rings is 1. The highest BCUT2D eigenvalue weighted by Gasteiger charge is 2.29. The van der Waals surface area contributed by atoms with E-state index in [-0.39, 0.29) is 24.2 Å². The Morgan fingerprint density at radius 1 is 1.15 bits per heavy atom. The largest absolute Gasteiger partial charge is 0.360 e. The SMILES string of the molecule is Cc1cc(NC(=O)C2CCN(C(=O)Cc3c(C)nn(-c4ccc(Cl)cc4Cl)c3C)CC2)no1. The zero-order valence-electron chi connectivity index (χ0n) is 18.7. The molecule has 1 fully saturated rings. The van der Waals surface area contributed by atoms with Crippen molar-refractivity contribution >= 4 is 40.8 Å². The van der Waals surface area contributed by atoms with E-state index in [2.05, 4.69) is 15.6 Å². The molecule has 8 nitrogen and oxygen atoms in total. The molecule has 0 aliphatic carbocycles. The van der Waals surface area contributed by atoms with Gasteiger partial charge in [-0.05, 0) is 51.8 Å². The summed E-state index contributed by atoms with van der Waals surface area (Å²) in [6.45, 7) is 6.64. The molecular formula is C23H25Cl2N5O3. The summed E-state index contributed by atoms with van der Waals surface area (Å²) in [6, 6.07) is 6.92. The topological polar surface area (TPSA) is 93.3 Å². The van der Waals surface area contributed by atoms with E-state index in [0.717, 1.165) is 22.6 Å². The van der Waals surface area contributed by atoms with Gasteiger partial charge in [0.2, 0.25) is 11.8 Å². The second-order valence-electron chi connectivity index (χ2n) is 8.30. The average Bonchev–Trinajstić information content (AvgIpc) is 3.31. The molecule has 3 heterocycles. The molecule has 10 heteroatoms. The van der Waals surface area contributed by atoms with Crippen molar-refractivity contribution in [2.24, 2.45) is 5.92 Å². The van der Waals surface area contributed by atoms with Crippen LogP contribution in [0.2, 0.25) is 10.0 Å². The Balaban J connectivity index is 1.38. The Morgan fingerprint density at radius 3 is 2.52 bits per heavy atom. The van der Waals surface area contributed by atoms with Crippen molar-refractivity contribution in [1.29, 1.82) is 0 Å². The first-order valence-electron chi connectivity index (χ1n) is 10.8. The molecule has 1 aliphatic rings. The fourth-order valence-electron chi connectivity index (χ4n) is 4.13. The molecule has 2 aromatic heterocycles. The number of piperidine rings is 1. The zero-order valence-corrected chi connectivity index (χ0v) is 20.2. The van der Waals surface area contributed by atoms with Crippen molar-refractivity contribution in [3.05, 3.63) is 57.0 Å². The summed E-state index contributed by atoms with van der Waals surface area (Å²) in [4.78, 5) is 27.3. The van der Waals surface area contributed by atoms with E-state index in [9.17, 15) is 9.59 Å². The van der Waals surface area contributed by atoms with E-state index < -0.39 is 0 Å². The van der Waals surface area contributed by atoms with Gasteiger partial charge in [0, 0.05) is 41.4 Å². The second-order valence-corrected chi connectivity index (χ2v) is 9.14. The molecule has 0 bridgehead atoms. The van der Waals surface area contributed by atoms with Crippen LogP contribution in [0.4, 0.5) is 5.82 Å². The van der Waals surface area contributed by atoms with Crippen LogP contribution in [0.25, 0.3) is 5.69 Å². The normalized spacial score (nSPS) is 14.5. The number of likely N-dealkylation sites (tertiary alicyclic amines) is 1. The van der Waals surface area contributed by atoms with Gasteiger partial charge < -0.3 is 14.7 Å². The molecule has 0 spiro atoms. The number of halogens is 2. The third-order valence-electron chi connectivity index (χ3n) is 6.00. The average molecular weight is 490 g/mol. The van der Waals surface area contributed by atoms with Crippen LogP contribution in [0, 0.1) is 26.7 Å². The van der Waals surface area contributed by atoms with Crippen LogP contribution >= 0.6 is 23.2 Å². The Hall–Kier alpha value is -2.84. The van der Waals surface area contributed by atoms with Crippen LogP contribution in [0.5, 0.6) is 0 Å². The van der Waals surface area contributed by atoms with Crippen LogP contribution in [-0.4, -0.2) is 44.7 Å². The third-order valence-corrected chi connectivity index (χ3v) is 6.54. The Kier molecular flexibility index (Phi) is 6.76. The predicted molar refractivity (Wildman–Crippen MR) is 126 cm³/mol. The van der Waals surface area contributed by atoms with Gasteiger partial charge >= 0.3 is 0 Å². The molecule has 4 rings (SSSR count). The molecule has 0 atom stereocenters. The first kappa shape index (κ1) is 23.3. The van der Waals surface area contributed by atoms with E-state index in [0.29, 0.717) is 47.6 Å². The first-order chi connectivity index (χ1) is 15.7. The van der Waals surface area contributed by atoms with Crippen molar-refractivity contribution < 1.29 is 14.1 Å². The number of hydrogen-bond donors (Lipinski definition) is 1. The number of nitrogens with one attached hydrogen (secondary N) is 1. The minimum atomic E-state index is -0.163. The lowest BCUT2D eigenvalue weighted by atomic mass is 9.95. The molecule has 1 aromatic carbocycles. The molecule has 33 heavy (non-hydrogen) atoms. The highest BCUT2D eigenvalue weighted by atomic mass is 35.5. The second kappa shape index (κ2) is 9.57. The number of anilines is 1. The molecule has 3 aromatic rings. The summed E-state index contributed by atoms with van der Waals surface area (Å²) in [5.41, 5.74) is 3.24. The summed E-state index contributed by atoms with van der Waals surface area (Å²) in [5, 5.41) is 12.2. The summed E-state index contributed by atoms with van der Waals surface area (Å²) < 4.78 is 6.73. The van der Waals surface area contributed by atoms with Gasteiger partial charge in [0.1, 0.15) is 5.76 Å². The van der Waals surface area contributed by atoms with E-state index in [4.69, 9.17) is 27.7 Å². The lowest BCUT2D eigenvalue weighted by Gasteiger charge is -2.31. The van der Waals surface area contributed by atoms with Crippen molar-refractivity contribution in [3.63, 3.8) is 0 Å². The molecule has 0 radical (unpaired) electrons. The maximum absolute atomic E-state index is 13.0. The zero-order chi connectivity index (χ0) is 23.7. The van der Waals surface area contributed by atoms with Crippen molar-refractivity contribution in [2.45, 2.75) is 40.0 Å². The Labute approximate surface area is 201 Å². The maximum Gasteiger partial charge on any atom is 0.228 e. The van der Waals surface area contributed by atoms with E-state index in [1.807, 2.05) is 24.8 Å². The minimum Gasteiger partial charge on any atom is -0.360 e. The number of carbonyl (C=O) groups excluding carboxylic acids is 2. The van der Waals surface area contributed by atoms with Crippen molar-refractivity contribution in [1.82, 2.24) is 19.8 Å². The van der Waals surface area contributed by atoms with Crippen molar-refractivity contribution in [2.75, 3.05) is 18.4 Å². The van der Waals surface area contributed by atoms with Gasteiger partial charge in [0.05, 0.1) is 22.8 Å². The maximum atomic E-state index is 13.0. The summed E-state index contributed by atoms with van der Waals surface area (Å²) in [5.74, 6) is 0.819. The molecule has 0 saturated carbocycles. The van der Waals surface area contributed by atoms with E-state index in [1.54, 1.807) is 29.8 Å². The number of nitrogens with zero attached hydrogens (tertiary/aromatic N) is 4. The fourth-order valence-corrected chi connectivity index (χ4v) is 4.61. The smallest absolute Gasteiger partial charge is 0.228 e. The number of rotatable bonds is 5. The lowest BCUT2D eigenvalue weighted by Crippen LogP contribution is -2.42. The van der Waals surface area contributed by atoms with Gasteiger partial charge in [-0.25, -0.2) is 4.68 Å². The predicted octanol–water partition coefficient (Wildman–Crippen LogP) is 4.51. The highest BCUT2D eigenvalue weighted by Crippen LogP contribution is 2.28. The summed E-state index contributed by atoms with van der Waals surface area (Å²) >= 11 is 12.4. The molecule has 174 valence electrons. The highest BCUT2D eigenvalue weighted by molar-refractivity contribution is 6.35. The fraction of sp³-hybridized carbons (Fsp3) is 0.391. The number of aromatic nitrogens is 3. The summed E-state index contributed by atoms with van der Waals surface area (Å²) in [6.07, 6.45) is 1.45. The minimum absolute atomic E-state index is 0.0222. The first-order valence-corrected chi connectivity index (χ1v) is 11.5. The molecule has 1 saturated heterocycles. The molecule has 1 aliphatic heterocycles. The summed E-state index contributed by atoms with van der Waals surface area (Å²) in [7, 11) is 0. The van der Waals surface area contributed by atoms with Crippen LogP contribution in [-0.2, 0) is 16.0 Å². The number of hydrogen-bond acceptors (Lipinski definition) is 5. The van der Waals surface area contributed by atoms with Crippen LogP contribution in [0.3, 0.4) is 0 Å². The van der Waals surface area contributed by atoms with E-state index >= 15 is 0 Å². The Bertz CT molecular complexity index is 1190. The molecule has 0 unspecified atom stereocenters. The van der Waals surface area contributed by atoms with Gasteiger partial charge in [-0.1, -0.05) is 28.4 Å². The molecular weight excluding hydrogens is 465 g/mol. The van der Waals surface area contributed by atoms with Gasteiger partial charge in [0.15, 0.2) is 5.82 Å². The quantitative estimate of drug-likeness (QED) is 0.568. The van der Waals surface area contributed by atoms with Gasteiger partial charge in [0.25, 0.3) is 0 Å². The van der Waals surface area contributed by atoms with Gasteiger partial charge in [-0.2, -0.15) is 5.10 Å². The van der Waals surface area contributed by atoms with Gasteiger partial charge in [-0.15, -0.1) is 0 Å². The van der Waals surface area contributed by atoms with Crippen LogP contribution in [0.15, 0.2) is 28.8 Å². The van der Waals surface area contributed by atoms with Gasteiger partial charge in [-0.3, -0.25) is 9.59 Å². The monoisotopic (exact) mass is 489 g/mol. The number of aryl methyl sites for hydroxylation is 2.